The zero-order chi connectivity index (χ0) is 8.70. The van der Waals surface area contributed by atoms with Crippen LogP contribution in [0.1, 0.15) is 0 Å². The standard InChI is InChI=1S/C6H17B2N2O/c1-9(2)5-8(6-11)10(3,4)7-9/h11H,5-6H2,1-4H3. The van der Waals surface area contributed by atoms with Crippen LogP contribution in [0.2, 0.25) is 0 Å². The van der Waals surface area contributed by atoms with Gasteiger partial charge in [-0.25, -0.2) is 0 Å². The third-order valence-corrected chi connectivity index (χ3v) is 2.44. The predicted octanol–water partition coefficient (Wildman–Crippen LogP) is -1.25. The van der Waals surface area contributed by atoms with Crippen LogP contribution in [0.4, 0.5) is 0 Å². The maximum Gasteiger partial charge on any atom is 0.289 e. The molecule has 0 aliphatic carbocycles. The van der Waals surface area contributed by atoms with Gasteiger partial charge in [0.2, 0.25) is 0 Å². The van der Waals surface area contributed by atoms with Gasteiger partial charge < -0.3 is 13.8 Å². The molecule has 3 nitrogen and oxygen atoms in total. The molecule has 1 saturated heterocycles. The van der Waals surface area contributed by atoms with Crippen molar-refractivity contribution in [3.8, 4) is 0 Å². The minimum atomic E-state index is 0.283. The number of rotatable bonds is 1. The van der Waals surface area contributed by atoms with E-state index in [2.05, 4.69) is 35.7 Å². The van der Waals surface area contributed by atoms with Crippen LogP contribution in [0.25, 0.3) is 0 Å². The van der Waals surface area contributed by atoms with E-state index in [9.17, 15) is 0 Å². The molecule has 5 heteroatoms. The molecular weight excluding hydrogens is 138 g/mol. The number of quaternary nitrogens is 2. The fourth-order valence-corrected chi connectivity index (χ4v) is 1.97. The summed E-state index contributed by atoms with van der Waals surface area (Å²) in [5, 5.41) is 9.09. The predicted molar refractivity (Wildman–Crippen MR) is 47.7 cm³/mol. The van der Waals surface area contributed by atoms with Gasteiger partial charge in [0.1, 0.15) is 0 Å². The molecule has 0 bridgehead atoms. The molecule has 1 rings (SSSR count). The van der Waals surface area contributed by atoms with E-state index in [0.29, 0.717) is 6.85 Å². The van der Waals surface area contributed by atoms with Crippen molar-refractivity contribution in [3.05, 3.63) is 0 Å². The smallest absolute Gasteiger partial charge is 0.289 e. The summed E-state index contributed by atoms with van der Waals surface area (Å²) in [5.41, 5.74) is 0. The van der Waals surface area contributed by atoms with Crippen molar-refractivity contribution in [2.24, 2.45) is 0 Å². The summed E-state index contributed by atoms with van der Waals surface area (Å²) in [7, 11) is 10.8. The molecule has 1 fully saturated rings. The Labute approximate surface area is 70.2 Å². The Balaban J connectivity index is 2.71. The Morgan fingerprint density at radius 1 is 1.36 bits per heavy atom. The summed E-state index contributed by atoms with van der Waals surface area (Å²) in [6.07, 6.45) is 1.03. The van der Waals surface area contributed by atoms with E-state index in [0.717, 1.165) is 15.1 Å². The highest BCUT2D eigenvalue weighted by atomic mass is 16.2. The van der Waals surface area contributed by atoms with Crippen LogP contribution in [-0.2, 0) is 0 Å². The van der Waals surface area contributed by atoms with Crippen LogP contribution in [0, 0.1) is 0 Å². The second-order valence-electron chi connectivity index (χ2n) is 4.54. The summed E-state index contributed by atoms with van der Waals surface area (Å²) in [6.45, 7) is 0.649. The van der Waals surface area contributed by atoms with E-state index in [4.69, 9.17) is 5.11 Å². The van der Waals surface area contributed by atoms with Crippen LogP contribution in [-0.4, -0.2) is 69.3 Å². The Morgan fingerprint density at radius 3 is 2.09 bits per heavy atom. The highest BCUT2D eigenvalue weighted by molar-refractivity contribution is 6.58. The molecule has 0 unspecified atom stereocenters. The van der Waals surface area contributed by atoms with E-state index in [-0.39, 0.29) is 6.51 Å². The lowest BCUT2D eigenvalue weighted by Crippen LogP contribution is -2.53. The van der Waals surface area contributed by atoms with Crippen LogP contribution < -0.4 is 0 Å². The number of hydrogen-bond donors (Lipinski definition) is 1. The molecule has 1 aliphatic rings. The van der Waals surface area contributed by atoms with Crippen LogP contribution in [0.3, 0.4) is 0 Å². The fraction of sp³-hybridized carbons (Fsp3) is 1.00. The van der Waals surface area contributed by atoms with Crippen molar-refractivity contribution in [2.75, 3.05) is 41.1 Å². The minimum Gasteiger partial charge on any atom is -0.731 e. The lowest BCUT2D eigenvalue weighted by Gasteiger charge is -2.51. The molecule has 0 aromatic heterocycles. The van der Waals surface area contributed by atoms with E-state index < -0.39 is 0 Å². The molecule has 11 heavy (non-hydrogen) atoms. The summed E-state index contributed by atoms with van der Waals surface area (Å²) in [6, 6.07) is 0. The van der Waals surface area contributed by atoms with Gasteiger partial charge in [-0.1, -0.05) is 6.44 Å². The van der Waals surface area contributed by atoms with E-state index in [1.807, 2.05) is 0 Å². The highest BCUT2D eigenvalue weighted by Gasteiger charge is 2.30. The number of hydrogen-bond acceptors (Lipinski definition) is 1. The van der Waals surface area contributed by atoms with Crippen molar-refractivity contribution < 1.29 is 13.8 Å². The van der Waals surface area contributed by atoms with Crippen LogP contribution in [0.15, 0.2) is 0 Å². The molecule has 3 radical (unpaired) electrons. The number of aliphatic hydroxyl groups excluding tert-OH is 1. The zero-order valence-corrected chi connectivity index (χ0v) is 7.91. The molecular formula is C6H17B2N2O. The molecule has 0 aromatic rings. The van der Waals surface area contributed by atoms with Crippen molar-refractivity contribution >= 4 is 14.4 Å². The SMILES string of the molecule is C[N+]1(C)[B-][N+](C)(C)[B-](CO)C1. The van der Waals surface area contributed by atoms with Crippen LogP contribution in [0.5, 0.6) is 0 Å². The van der Waals surface area contributed by atoms with E-state index >= 15 is 0 Å². The lowest BCUT2D eigenvalue weighted by molar-refractivity contribution is -0.807. The quantitative estimate of drug-likeness (QED) is 0.469. The molecule has 0 spiro atoms. The molecule has 0 amide bonds. The first-order valence-electron chi connectivity index (χ1n) is 4.01. The molecule has 0 atom stereocenters. The monoisotopic (exact) mass is 155 g/mol. The zero-order valence-electron chi connectivity index (χ0n) is 7.91. The van der Waals surface area contributed by atoms with Gasteiger partial charge in [-0.3, -0.25) is 0 Å². The van der Waals surface area contributed by atoms with Crippen molar-refractivity contribution in [1.29, 1.82) is 0 Å². The second-order valence-corrected chi connectivity index (χ2v) is 4.54. The highest BCUT2D eigenvalue weighted by Crippen LogP contribution is 2.16. The maximum absolute atomic E-state index is 9.09. The first-order chi connectivity index (χ1) is 4.87. The third kappa shape index (κ3) is 1.78. The van der Waals surface area contributed by atoms with Crippen molar-refractivity contribution in [3.63, 3.8) is 0 Å². The molecule has 0 aromatic carbocycles. The average Bonchev–Trinajstić information content (AvgIpc) is 1.99. The Hall–Kier alpha value is 0.00987. The van der Waals surface area contributed by atoms with Gasteiger partial charge in [0.15, 0.2) is 6.85 Å². The Bertz CT molecular complexity index is 161. The van der Waals surface area contributed by atoms with Gasteiger partial charge in [0.05, 0.1) is 0 Å². The molecule has 1 heterocycles. The Morgan fingerprint density at radius 2 is 1.91 bits per heavy atom. The molecule has 0 saturated carbocycles. The van der Waals surface area contributed by atoms with Gasteiger partial charge in [0, 0.05) is 14.1 Å². The fourth-order valence-electron chi connectivity index (χ4n) is 1.97. The van der Waals surface area contributed by atoms with Gasteiger partial charge >= 0.3 is 0 Å². The van der Waals surface area contributed by atoms with Gasteiger partial charge in [-0.15, -0.1) is 0 Å². The van der Waals surface area contributed by atoms with Gasteiger partial charge in [-0.2, -0.15) is 0 Å². The summed E-state index contributed by atoms with van der Waals surface area (Å²) in [5.74, 6) is 0. The summed E-state index contributed by atoms with van der Waals surface area (Å²) >= 11 is 0. The third-order valence-electron chi connectivity index (χ3n) is 2.44. The minimum absolute atomic E-state index is 0.283. The largest absolute Gasteiger partial charge is 0.731 e. The second kappa shape index (κ2) is 2.51. The van der Waals surface area contributed by atoms with Crippen molar-refractivity contribution in [2.45, 2.75) is 0 Å². The number of nitrogens with zero attached hydrogens (tertiary/aromatic N) is 2. The topological polar surface area (TPSA) is 20.2 Å². The molecule has 1 aliphatic heterocycles. The summed E-state index contributed by atoms with van der Waals surface area (Å²) in [4.78, 5) is 0. The first-order valence-corrected chi connectivity index (χ1v) is 4.01. The van der Waals surface area contributed by atoms with Crippen LogP contribution >= 0.6 is 0 Å². The van der Waals surface area contributed by atoms with Crippen molar-refractivity contribution in [1.82, 2.24) is 0 Å². The molecule has 63 valence electrons. The van der Waals surface area contributed by atoms with E-state index in [1.165, 1.54) is 0 Å². The lowest BCUT2D eigenvalue weighted by atomic mass is 9.59. The first kappa shape index (κ1) is 9.10. The average molecular weight is 155 g/mol. The normalized spacial score (nSPS) is 29.2. The van der Waals surface area contributed by atoms with E-state index in [1.54, 1.807) is 0 Å². The Kier molecular flexibility index (Phi) is 2.07. The number of aliphatic hydroxyl groups is 1. The molecule has 1 N–H and O–H groups in total. The van der Waals surface area contributed by atoms with Gasteiger partial charge in [0.25, 0.3) is 7.55 Å². The summed E-state index contributed by atoms with van der Waals surface area (Å²) < 4.78 is 1.72. The maximum atomic E-state index is 9.09. The van der Waals surface area contributed by atoms with Gasteiger partial charge in [-0.05, 0) is 20.6 Å².